The van der Waals surface area contributed by atoms with E-state index in [0.717, 1.165) is 48.9 Å². The third kappa shape index (κ3) is 8.71. The largest absolute Gasteiger partial charge is 0.375 e. The number of rotatable bonds is 10. The molecule has 0 radical (unpaired) electrons. The van der Waals surface area contributed by atoms with Crippen LogP contribution in [0.1, 0.15) is 84.5 Å². The molecule has 2 atom stereocenters. The summed E-state index contributed by atoms with van der Waals surface area (Å²) in [5.41, 5.74) is 5.55. The fraction of sp³-hybridized carbons (Fsp3) is 0.383. The van der Waals surface area contributed by atoms with Crippen LogP contribution in [0.2, 0.25) is 0 Å². The van der Waals surface area contributed by atoms with Gasteiger partial charge in [0.1, 0.15) is 17.7 Å². The normalized spacial score (nSPS) is 19.4. The van der Waals surface area contributed by atoms with Crippen LogP contribution >= 0.6 is 0 Å². The lowest BCUT2D eigenvalue weighted by atomic mass is 9.98. The Morgan fingerprint density at radius 1 is 0.952 bits per heavy atom. The van der Waals surface area contributed by atoms with E-state index >= 15 is 8.78 Å². The number of morpholine rings is 1. The van der Waals surface area contributed by atoms with Crippen LogP contribution in [-0.4, -0.2) is 98.1 Å². The number of unbranched alkanes of at least 4 members (excludes halogenated alkanes) is 2. The maximum Gasteiger partial charge on any atom is 0.255 e. The van der Waals surface area contributed by atoms with Crippen LogP contribution in [-0.2, 0) is 32.1 Å². The lowest BCUT2D eigenvalue weighted by Crippen LogP contribution is -2.52. The number of carbonyl (C=O) groups excluding carboxylic acids is 4. The summed E-state index contributed by atoms with van der Waals surface area (Å²) in [6, 6.07) is 13.1. The van der Waals surface area contributed by atoms with Crippen LogP contribution < -0.4 is 10.6 Å². The molecule has 2 unspecified atom stereocenters. The van der Waals surface area contributed by atoms with E-state index in [1.807, 2.05) is 34.0 Å². The number of para-hydroxylation sites is 1. The monoisotopic (exact) mass is 840 g/mol. The summed E-state index contributed by atoms with van der Waals surface area (Å²) in [4.78, 5) is 63.1. The molecule has 13 nitrogen and oxygen atoms in total. The number of imide groups is 1. The number of ether oxygens (including phenoxy) is 1. The Bertz CT molecular complexity index is 2600. The molecule has 3 fully saturated rings. The van der Waals surface area contributed by atoms with E-state index in [0.29, 0.717) is 85.5 Å². The molecule has 2 N–H and O–H groups in total. The third-order valence-electron chi connectivity index (χ3n) is 12.3. The predicted molar refractivity (Wildman–Crippen MR) is 225 cm³/mol. The zero-order valence-electron chi connectivity index (χ0n) is 34.2. The summed E-state index contributed by atoms with van der Waals surface area (Å²) in [6.07, 6.45) is 9.82. The van der Waals surface area contributed by atoms with E-state index in [-0.39, 0.29) is 48.3 Å². The van der Waals surface area contributed by atoms with Gasteiger partial charge in [-0.05, 0) is 73.6 Å². The van der Waals surface area contributed by atoms with Crippen LogP contribution in [0.5, 0.6) is 0 Å². The van der Waals surface area contributed by atoms with Gasteiger partial charge in [0.15, 0.2) is 0 Å². The Kier molecular flexibility index (Phi) is 11.9. The Morgan fingerprint density at radius 3 is 2.58 bits per heavy atom. The Morgan fingerprint density at radius 2 is 1.79 bits per heavy atom. The number of nitrogens with one attached hydrogen (secondary N) is 2. The topological polar surface area (TPSA) is 152 Å². The minimum Gasteiger partial charge on any atom is -0.375 e. The number of hydrogen-bond donors (Lipinski definition) is 2. The van der Waals surface area contributed by atoms with E-state index in [1.54, 1.807) is 30.6 Å². The number of carbonyl (C=O) groups is 4. The first-order valence-electron chi connectivity index (χ1n) is 21.3. The highest BCUT2D eigenvalue weighted by molar-refractivity contribution is 6.05. The second-order valence-corrected chi connectivity index (χ2v) is 16.3. The first-order valence-corrected chi connectivity index (χ1v) is 21.3. The van der Waals surface area contributed by atoms with Crippen LogP contribution in [0.3, 0.4) is 0 Å². The molecule has 3 saturated heterocycles. The van der Waals surface area contributed by atoms with Crippen molar-refractivity contribution in [3.63, 3.8) is 0 Å². The van der Waals surface area contributed by atoms with E-state index in [9.17, 15) is 19.2 Å². The highest BCUT2D eigenvalue weighted by atomic mass is 19.1. The molecule has 62 heavy (non-hydrogen) atoms. The highest BCUT2D eigenvalue weighted by Crippen LogP contribution is 2.33. The average Bonchev–Trinajstić information content (AvgIpc) is 3.91. The molecule has 4 amide bonds. The molecule has 4 aliphatic rings. The van der Waals surface area contributed by atoms with Gasteiger partial charge in [-0.15, -0.1) is 0 Å². The molecule has 0 spiro atoms. The standard InChI is InChI=1S/C47H46F2N8O5/c48-38-21-31(22-39(49)37(38)23-34-25-50-16-19-62-34)35-7-5-8-40-45(35)53-41(26-51-40)32-24-52-57(28-32)33-14-17-55(18-15-33)44(59)9-4-2-1-3-6-29-10-11-30-27-56(47(61)36(30)20-29)42-12-13-43(58)54-46(42)60/h5,7-8,10-11,20-22,24,26,28,33-34,42,50H,1-2,4,9,12-19,23,25,27H2,(H,54,58,60). The maximum atomic E-state index is 15.4. The van der Waals surface area contributed by atoms with Crippen LogP contribution in [0, 0.1) is 23.5 Å². The predicted octanol–water partition coefficient (Wildman–Crippen LogP) is 5.51. The second kappa shape index (κ2) is 17.9. The Hall–Kier alpha value is -6.37. The van der Waals surface area contributed by atoms with Crippen LogP contribution in [0.25, 0.3) is 33.4 Å². The summed E-state index contributed by atoms with van der Waals surface area (Å²) >= 11 is 0. The van der Waals surface area contributed by atoms with Crippen molar-refractivity contribution < 1.29 is 32.7 Å². The van der Waals surface area contributed by atoms with E-state index < -0.39 is 23.6 Å². The molecule has 2 aromatic heterocycles. The van der Waals surface area contributed by atoms with Gasteiger partial charge in [-0.3, -0.25) is 34.2 Å². The molecule has 3 aromatic carbocycles. The van der Waals surface area contributed by atoms with Crippen molar-refractivity contribution >= 4 is 34.7 Å². The molecular formula is C47H46F2N8O5. The van der Waals surface area contributed by atoms with Crippen molar-refractivity contribution in [2.45, 2.75) is 82.5 Å². The molecule has 318 valence electrons. The molecule has 0 bridgehead atoms. The minimum atomic E-state index is -0.651. The van der Waals surface area contributed by atoms with Gasteiger partial charge in [0.25, 0.3) is 5.91 Å². The van der Waals surface area contributed by atoms with Crippen LogP contribution in [0.4, 0.5) is 8.78 Å². The lowest BCUT2D eigenvalue weighted by Gasteiger charge is -2.32. The van der Waals surface area contributed by atoms with Gasteiger partial charge in [-0.2, -0.15) is 5.10 Å². The number of piperidine rings is 2. The second-order valence-electron chi connectivity index (χ2n) is 16.3. The smallest absolute Gasteiger partial charge is 0.255 e. The van der Waals surface area contributed by atoms with Gasteiger partial charge in [-0.25, -0.2) is 13.8 Å². The first-order chi connectivity index (χ1) is 30.2. The number of benzene rings is 3. The minimum absolute atomic E-state index is 0.00774. The van der Waals surface area contributed by atoms with Crippen molar-refractivity contribution in [3.8, 4) is 34.2 Å². The molecular weight excluding hydrogens is 795 g/mol. The van der Waals surface area contributed by atoms with E-state index in [4.69, 9.17) is 9.72 Å². The number of fused-ring (bicyclic) bond motifs is 2. The number of nitrogens with zero attached hydrogens (tertiary/aromatic N) is 6. The van der Waals surface area contributed by atoms with Gasteiger partial charge in [0.05, 0.1) is 47.9 Å². The number of halogens is 2. The van der Waals surface area contributed by atoms with Gasteiger partial charge >= 0.3 is 0 Å². The fourth-order valence-corrected chi connectivity index (χ4v) is 8.83. The summed E-state index contributed by atoms with van der Waals surface area (Å²) in [5, 5.41) is 10.2. The number of hydrogen-bond acceptors (Lipinski definition) is 9. The van der Waals surface area contributed by atoms with Gasteiger partial charge in [-0.1, -0.05) is 30.0 Å². The van der Waals surface area contributed by atoms with E-state index in [2.05, 4.69) is 32.6 Å². The zero-order valence-corrected chi connectivity index (χ0v) is 34.2. The number of aromatic nitrogens is 4. The summed E-state index contributed by atoms with van der Waals surface area (Å²) in [6.45, 7) is 3.37. The van der Waals surface area contributed by atoms with Crippen molar-refractivity contribution in [1.29, 1.82) is 0 Å². The maximum absolute atomic E-state index is 15.4. The molecule has 0 aliphatic carbocycles. The first kappa shape index (κ1) is 41.0. The zero-order chi connectivity index (χ0) is 42.7. The molecule has 6 heterocycles. The molecule has 4 aliphatic heterocycles. The Balaban J connectivity index is 0.754. The van der Waals surface area contributed by atoms with Crippen LogP contribution in [0.15, 0.2) is 67.1 Å². The summed E-state index contributed by atoms with van der Waals surface area (Å²) < 4.78 is 38.3. The SMILES string of the molecule is O=C1CCC(N2Cc3ccc(C#CCCCCC(=O)N4CCC(n5cc(-c6cnc7cccc(-c8cc(F)c(CC9CNCCO9)c(F)c8)c7n6)cn5)CC4)cc3C2=O)C(=O)N1. The van der Waals surface area contributed by atoms with Gasteiger partial charge in [0.2, 0.25) is 17.7 Å². The average molecular weight is 841 g/mol. The fourth-order valence-electron chi connectivity index (χ4n) is 8.83. The number of likely N-dealkylation sites (tertiary alicyclic amines) is 1. The van der Waals surface area contributed by atoms with Crippen molar-refractivity contribution in [2.75, 3.05) is 32.8 Å². The summed E-state index contributed by atoms with van der Waals surface area (Å²) in [5.74, 6) is 4.22. The lowest BCUT2D eigenvalue weighted by molar-refractivity contribution is -0.137. The van der Waals surface area contributed by atoms with Crippen molar-refractivity contribution in [1.82, 2.24) is 40.2 Å². The van der Waals surface area contributed by atoms with Gasteiger partial charge in [0, 0.05) is 92.4 Å². The summed E-state index contributed by atoms with van der Waals surface area (Å²) in [7, 11) is 0. The Labute approximate surface area is 357 Å². The van der Waals surface area contributed by atoms with E-state index in [1.165, 1.54) is 17.0 Å². The molecule has 9 rings (SSSR count). The molecule has 0 saturated carbocycles. The number of amides is 4. The van der Waals surface area contributed by atoms with Crippen molar-refractivity contribution in [3.05, 3.63) is 101 Å². The molecule has 15 heteroatoms. The van der Waals surface area contributed by atoms with Gasteiger partial charge < -0.3 is 19.9 Å². The highest BCUT2D eigenvalue weighted by Gasteiger charge is 2.39. The third-order valence-corrected chi connectivity index (χ3v) is 12.3. The molecule has 5 aromatic rings. The van der Waals surface area contributed by atoms with Crippen molar-refractivity contribution in [2.24, 2.45) is 0 Å². The quantitative estimate of drug-likeness (QED) is 0.106.